The normalized spacial score (nSPS) is 14.5. The molecule has 0 fully saturated rings. The molecule has 3 aromatic rings. The number of aryl methyl sites for hydroxylation is 1. The van der Waals surface area contributed by atoms with Gasteiger partial charge in [-0.15, -0.1) is 0 Å². The van der Waals surface area contributed by atoms with Crippen LogP contribution in [-0.2, 0) is 13.1 Å². The number of furan rings is 1. The molecule has 0 saturated heterocycles. The van der Waals surface area contributed by atoms with E-state index in [1.54, 1.807) is 16.9 Å². The van der Waals surface area contributed by atoms with Crippen LogP contribution >= 0.6 is 11.3 Å². The maximum absolute atomic E-state index is 12.6. The van der Waals surface area contributed by atoms with Gasteiger partial charge in [0.2, 0.25) is 0 Å². The van der Waals surface area contributed by atoms with Crippen molar-refractivity contribution in [1.29, 1.82) is 0 Å². The van der Waals surface area contributed by atoms with Crippen LogP contribution in [0.25, 0.3) is 6.08 Å². The van der Waals surface area contributed by atoms with Gasteiger partial charge in [-0.2, -0.15) is 0 Å². The topological polar surface area (TPSA) is 50.7 Å². The first-order valence-corrected chi connectivity index (χ1v) is 8.69. The zero-order chi connectivity index (χ0) is 16.5. The third-order valence-electron chi connectivity index (χ3n) is 4.10. The molecule has 0 radical (unpaired) electrons. The second-order valence-corrected chi connectivity index (χ2v) is 6.65. The van der Waals surface area contributed by atoms with Crippen molar-refractivity contribution >= 4 is 23.1 Å². The molecule has 122 valence electrons. The van der Waals surface area contributed by atoms with Crippen LogP contribution in [0.1, 0.15) is 18.2 Å². The van der Waals surface area contributed by atoms with Crippen LogP contribution in [0.3, 0.4) is 0 Å². The van der Waals surface area contributed by atoms with Gasteiger partial charge in [0.05, 0.1) is 10.8 Å². The Bertz CT molecular complexity index is 1010. The van der Waals surface area contributed by atoms with Crippen molar-refractivity contribution < 1.29 is 4.42 Å². The quantitative estimate of drug-likeness (QED) is 0.733. The van der Waals surface area contributed by atoms with Crippen molar-refractivity contribution in [3.05, 3.63) is 73.7 Å². The third-order valence-corrected chi connectivity index (χ3v) is 5.15. The molecular weight excluding hydrogens is 322 g/mol. The molecule has 0 atom stereocenters. The van der Waals surface area contributed by atoms with E-state index in [1.807, 2.05) is 12.1 Å². The van der Waals surface area contributed by atoms with Crippen molar-refractivity contribution in [1.82, 2.24) is 4.57 Å². The summed E-state index contributed by atoms with van der Waals surface area (Å²) in [4.78, 5) is 20.0. The summed E-state index contributed by atoms with van der Waals surface area (Å²) in [5, 5.41) is 0. The molecule has 1 aliphatic rings. The minimum atomic E-state index is -0.0231. The van der Waals surface area contributed by atoms with E-state index < -0.39 is 0 Å². The number of hydrogen-bond acceptors (Lipinski definition) is 5. The molecule has 0 unspecified atom stereocenters. The van der Waals surface area contributed by atoms with Crippen LogP contribution in [0.15, 0.2) is 56.9 Å². The SMILES string of the molecule is CCc1ccc(N2CN=c3sc(=Cc4ccco4)c(=O)n3C2)cc1. The monoisotopic (exact) mass is 339 g/mol. The first-order chi connectivity index (χ1) is 11.7. The van der Waals surface area contributed by atoms with Crippen molar-refractivity contribution in [3.63, 3.8) is 0 Å². The van der Waals surface area contributed by atoms with E-state index in [1.165, 1.54) is 16.9 Å². The molecule has 6 heteroatoms. The Kier molecular flexibility index (Phi) is 3.82. The largest absolute Gasteiger partial charge is 0.465 e. The van der Waals surface area contributed by atoms with E-state index >= 15 is 0 Å². The van der Waals surface area contributed by atoms with Gasteiger partial charge in [-0.05, 0) is 36.2 Å². The fourth-order valence-electron chi connectivity index (χ4n) is 2.72. The van der Waals surface area contributed by atoms with Gasteiger partial charge in [-0.3, -0.25) is 9.36 Å². The standard InChI is InChI=1S/C18H17N3O2S/c1-2-13-5-7-14(8-6-13)20-11-19-18-21(12-20)17(22)16(24-18)10-15-4-3-9-23-15/h3-10H,2,11-12H2,1H3. The minimum absolute atomic E-state index is 0.0231. The number of thiazole rings is 1. The van der Waals surface area contributed by atoms with E-state index in [0.29, 0.717) is 23.6 Å². The summed E-state index contributed by atoms with van der Waals surface area (Å²) < 4.78 is 7.66. The van der Waals surface area contributed by atoms with Crippen LogP contribution in [0.5, 0.6) is 0 Å². The molecule has 0 spiro atoms. The van der Waals surface area contributed by atoms with E-state index in [4.69, 9.17) is 4.42 Å². The highest BCUT2D eigenvalue weighted by Crippen LogP contribution is 2.17. The number of aromatic nitrogens is 1. The zero-order valence-electron chi connectivity index (χ0n) is 13.3. The number of hydrogen-bond donors (Lipinski definition) is 0. The molecule has 5 nitrogen and oxygen atoms in total. The Morgan fingerprint density at radius 1 is 1.29 bits per heavy atom. The Morgan fingerprint density at radius 2 is 2.12 bits per heavy atom. The van der Waals surface area contributed by atoms with Crippen LogP contribution in [0.2, 0.25) is 0 Å². The van der Waals surface area contributed by atoms with Gasteiger partial charge in [0.25, 0.3) is 5.56 Å². The number of benzene rings is 1. The number of rotatable bonds is 3. The lowest BCUT2D eigenvalue weighted by Crippen LogP contribution is -2.42. The minimum Gasteiger partial charge on any atom is -0.465 e. The van der Waals surface area contributed by atoms with Crippen LogP contribution in [0, 0.1) is 0 Å². The lowest BCUT2D eigenvalue weighted by Gasteiger charge is -2.25. The van der Waals surface area contributed by atoms with Gasteiger partial charge in [0.15, 0.2) is 4.80 Å². The van der Waals surface area contributed by atoms with E-state index in [0.717, 1.165) is 16.9 Å². The summed E-state index contributed by atoms with van der Waals surface area (Å²) in [5.74, 6) is 0.679. The van der Waals surface area contributed by atoms with E-state index in [2.05, 4.69) is 41.1 Å². The van der Waals surface area contributed by atoms with E-state index in [-0.39, 0.29) is 5.56 Å². The van der Waals surface area contributed by atoms with Gasteiger partial charge >= 0.3 is 0 Å². The third kappa shape index (κ3) is 2.69. The molecular formula is C18H17N3O2S. The Hall–Kier alpha value is -2.60. The van der Waals surface area contributed by atoms with Gasteiger partial charge < -0.3 is 9.32 Å². The molecule has 0 aliphatic carbocycles. The van der Waals surface area contributed by atoms with Gasteiger partial charge in [-0.25, -0.2) is 4.99 Å². The molecule has 1 aromatic carbocycles. The number of anilines is 1. The maximum Gasteiger partial charge on any atom is 0.271 e. The Labute approximate surface area is 142 Å². The van der Waals surface area contributed by atoms with Gasteiger partial charge in [0, 0.05) is 11.8 Å². The molecule has 24 heavy (non-hydrogen) atoms. The summed E-state index contributed by atoms with van der Waals surface area (Å²) in [5.41, 5.74) is 2.36. The Balaban J connectivity index is 1.68. The van der Waals surface area contributed by atoms with Crippen molar-refractivity contribution in [2.24, 2.45) is 4.99 Å². The lowest BCUT2D eigenvalue weighted by atomic mass is 10.1. The zero-order valence-corrected chi connectivity index (χ0v) is 14.1. The summed E-state index contributed by atoms with van der Waals surface area (Å²) in [6.45, 7) is 3.22. The average molecular weight is 339 g/mol. The highest BCUT2D eigenvalue weighted by atomic mass is 32.1. The van der Waals surface area contributed by atoms with E-state index in [9.17, 15) is 4.79 Å². The molecule has 0 amide bonds. The summed E-state index contributed by atoms with van der Waals surface area (Å²) in [7, 11) is 0. The lowest BCUT2D eigenvalue weighted by molar-refractivity contribution is 0.556. The predicted molar refractivity (Wildman–Crippen MR) is 94.8 cm³/mol. The van der Waals surface area contributed by atoms with Gasteiger partial charge in [0.1, 0.15) is 19.1 Å². The van der Waals surface area contributed by atoms with Crippen molar-refractivity contribution in [3.8, 4) is 0 Å². The predicted octanol–water partition coefficient (Wildman–Crippen LogP) is 1.95. The highest BCUT2D eigenvalue weighted by Gasteiger charge is 2.16. The van der Waals surface area contributed by atoms with Crippen LogP contribution in [-0.4, -0.2) is 11.2 Å². The molecule has 3 heterocycles. The second-order valence-electron chi connectivity index (χ2n) is 5.64. The second kappa shape index (κ2) is 6.13. The summed E-state index contributed by atoms with van der Waals surface area (Å²) >= 11 is 1.41. The molecule has 2 aromatic heterocycles. The maximum atomic E-state index is 12.6. The average Bonchev–Trinajstić information content (AvgIpc) is 3.24. The molecule has 0 saturated carbocycles. The Morgan fingerprint density at radius 3 is 2.83 bits per heavy atom. The number of fused-ring (bicyclic) bond motifs is 1. The fourth-order valence-corrected chi connectivity index (χ4v) is 3.66. The highest BCUT2D eigenvalue weighted by molar-refractivity contribution is 7.07. The summed E-state index contributed by atoms with van der Waals surface area (Å²) in [6.07, 6.45) is 4.39. The molecule has 0 N–H and O–H groups in total. The first kappa shape index (κ1) is 15.0. The molecule has 0 bridgehead atoms. The smallest absolute Gasteiger partial charge is 0.271 e. The fraction of sp³-hybridized carbons (Fsp3) is 0.222. The number of nitrogens with zero attached hydrogens (tertiary/aromatic N) is 3. The first-order valence-electron chi connectivity index (χ1n) is 7.88. The van der Waals surface area contributed by atoms with Crippen LogP contribution in [0.4, 0.5) is 5.69 Å². The van der Waals surface area contributed by atoms with Crippen molar-refractivity contribution in [2.45, 2.75) is 20.0 Å². The van der Waals surface area contributed by atoms with Crippen molar-refractivity contribution in [2.75, 3.05) is 11.6 Å². The molecule has 1 aliphatic heterocycles. The van der Waals surface area contributed by atoms with Gasteiger partial charge in [-0.1, -0.05) is 30.4 Å². The summed E-state index contributed by atoms with van der Waals surface area (Å²) in [6, 6.07) is 12.1. The van der Waals surface area contributed by atoms with Crippen LogP contribution < -0.4 is 19.8 Å². The molecule has 4 rings (SSSR count).